The van der Waals surface area contributed by atoms with E-state index >= 15 is 0 Å². The Kier molecular flexibility index (Phi) is 3.10. The molecule has 1 aromatic carbocycles. The molecule has 2 aromatic rings. The second-order valence-electron chi connectivity index (χ2n) is 3.25. The number of phenols is 1. The monoisotopic (exact) mass is 297 g/mol. The highest BCUT2D eigenvalue weighted by atomic mass is 79.9. The first kappa shape index (κ1) is 11.6. The van der Waals surface area contributed by atoms with E-state index in [1.54, 1.807) is 19.1 Å². The third kappa shape index (κ3) is 2.62. The number of halogens is 1. The molecule has 0 saturated heterocycles. The molecule has 6 nitrogen and oxygen atoms in total. The molecule has 2 N–H and O–H groups in total. The van der Waals surface area contributed by atoms with E-state index in [9.17, 15) is 9.90 Å². The summed E-state index contributed by atoms with van der Waals surface area (Å²) in [5.74, 6) is -0.0882. The Morgan fingerprint density at radius 2 is 2.24 bits per heavy atom. The lowest BCUT2D eigenvalue weighted by Gasteiger charge is -2.02. The van der Waals surface area contributed by atoms with Gasteiger partial charge in [-0.15, -0.1) is 5.10 Å². The summed E-state index contributed by atoms with van der Waals surface area (Å²) in [5, 5.41) is 19.1. The van der Waals surface area contributed by atoms with Gasteiger partial charge in [0.05, 0.1) is 4.47 Å². The van der Waals surface area contributed by atoms with Crippen molar-refractivity contribution >= 4 is 27.9 Å². The summed E-state index contributed by atoms with van der Waals surface area (Å²) in [5.41, 5.74) is 0.293. The van der Waals surface area contributed by atoms with E-state index in [1.807, 2.05) is 0 Å². The van der Waals surface area contributed by atoms with Crippen molar-refractivity contribution in [3.8, 4) is 5.75 Å². The number of aromatic nitrogens is 2. The standard InChI is InChI=1S/C10H8BrN3O3/c1-5-13-14-10(17-5)12-9(16)6-2-3-7(11)8(15)4-6/h2-4,15H,1H3,(H,12,14,16). The Balaban J connectivity index is 2.17. The number of rotatable bonds is 2. The summed E-state index contributed by atoms with van der Waals surface area (Å²) >= 11 is 3.13. The lowest BCUT2D eigenvalue weighted by atomic mass is 10.2. The molecule has 0 aliphatic heterocycles. The zero-order valence-electron chi connectivity index (χ0n) is 8.77. The highest BCUT2D eigenvalue weighted by Crippen LogP contribution is 2.24. The number of hydrogen-bond donors (Lipinski definition) is 2. The maximum atomic E-state index is 11.7. The summed E-state index contributed by atoms with van der Waals surface area (Å²) < 4.78 is 5.52. The Hall–Kier alpha value is -1.89. The van der Waals surface area contributed by atoms with Crippen LogP contribution in [0.5, 0.6) is 5.75 Å². The van der Waals surface area contributed by atoms with E-state index in [-0.39, 0.29) is 11.8 Å². The van der Waals surface area contributed by atoms with Crippen molar-refractivity contribution in [3.63, 3.8) is 0 Å². The van der Waals surface area contributed by atoms with Crippen LogP contribution in [-0.4, -0.2) is 21.2 Å². The van der Waals surface area contributed by atoms with Gasteiger partial charge < -0.3 is 9.52 Å². The SMILES string of the molecule is Cc1nnc(NC(=O)c2ccc(Br)c(O)c2)o1. The van der Waals surface area contributed by atoms with Crippen molar-refractivity contribution in [1.29, 1.82) is 0 Å². The molecule has 1 heterocycles. The number of hydrogen-bond acceptors (Lipinski definition) is 5. The van der Waals surface area contributed by atoms with Gasteiger partial charge in [0, 0.05) is 12.5 Å². The summed E-state index contributed by atoms with van der Waals surface area (Å²) in [4.78, 5) is 11.7. The average Bonchev–Trinajstić information content (AvgIpc) is 2.68. The van der Waals surface area contributed by atoms with Gasteiger partial charge in [-0.1, -0.05) is 5.10 Å². The van der Waals surface area contributed by atoms with Crippen molar-refractivity contribution in [3.05, 3.63) is 34.1 Å². The molecule has 7 heteroatoms. The molecule has 1 aromatic heterocycles. The smallest absolute Gasteiger partial charge is 0.322 e. The maximum Gasteiger partial charge on any atom is 0.322 e. The molecule has 0 aliphatic rings. The zero-order chi connectivity index (χ0) is 12.4. The van der Waals surface area contributed by atoms with Crippen molar-refractivity contribution < 1.29 is 14.3 Å². The van der Waals surface area contributed by atoms with Crippen LogP contribution >= 0.6 is 15.9 Å². The molecule has 0 fully saturated rings. The fourth-order valence-electron chi connectivity index (χ4n) is 1.17. The Morgan fingerprint density at radius 1 is 1.47 bits per heavy atom. The van der Waals surface area contributed by atoms with Gasteiger partial charge in [-0.25, -0.2) is 0 Å². The van der Waals surface area contributed by atoms with Crippen molar-refractivity contribution in [2.75, 3.05) is 5.32 Å². The van der Waals surface area contributed by atoms with E-state index in [0.717, 1.165) is 0 Å². The predicted molar refractivity (Wildman–Crippen MR) is 62.8 cm³/mol. The Bertz CT molecular complexity index is 568. The van der Waals surface area contributed by atoms with Gasteiger partial charge in [0.1, 0.15) is 5.75 Å². The van der Waals surface area contributed by atoms with E-state index < -0.39 is 5.91 Å². The highest BCUT2D eigenvalue weighted by Gasteiger charge is 2.11. The van der Waals surface area contributed by atoms with Crippen LogP contribution in [0.25, 0.3) is 0 Å². The van der Waals surface area contributed by atoms with Gasteiger partial charge in [-0.3, -0.25) is 10.1 Å². The molecule has 0 radical (unpaired) electrons. The van der Waals surface area contributed by atoms with Crippen LogP contribution in [-0.2, 0) is 0 Å². The molecule has 2 rings (SSSR count). The highest BCUT2D eigenvalue weighted by molar-refractivity contribution is 9.10. The first-order valence-corrected chi connectivity index (χ1v) is 5.45. The van der Waals surface area contributed by atoms with Crippen molar-refractivity contribution in [2.24, 2.45) is 0 Å². The molecule has 17 heavy (non-hydrogen) atoms. The second-order valence-corrected chi connectivity index (χ2v) is 4.10. The molecule has 0 atom stereocenters. The summed E-state index contributed by atoms with van der Waals surface area (Å²) in [7, 11) is 0. The molecule has 0 spiro atoms. The summed E-state index contributed by atoms with van der Waals surface area (Å²) in [6.45, 7) is 1.62. The fraction of sp³-hybridized carbons (Fsp3) is 0.100. The molecule has 0 saturated carbocycles. The van der Waals surface area contributed by atoms with Crippen molar-refractivity contribution in [1.82, 2.24) is 10.2 Å². The maximum absolute atomic E-state index is 11.7. The van der Waals surface area contributed by atoms with Crippen LogP contribution in [0, 0.1) is 6.92 Å². The number of aromatic hydroxyl groups is 1. The normalized spacial score (nSPS) is 10.2. The largest absolute Gasteiger partial charge is 0.507 e. The minimum absolute atomic E-state index is 0.0145. The summed E-state index contributed by atoms with van der Waals surface area (Å²) in [6, 6.07) is 4.49. The number of carbonyl (C=O) groups is 1. The number of anilines is 1. The lowest BCUT2D eigenvalue weighted by Crippen LogP contribution is -2.11. The molecule has 1 amide bonds. The van der Waals surface area contributed by atoms with Crippen LogP contribution in [0.2, 0.25) is 0 Å². The third-order valence-electron chi connectivity index (χ3n) is 1.95. The quantitative estimate of drug-likeness (QED) is 0.886. The first-order chi connectivity index (χ1) is 8.06. The van der Waals surface area contributed by atoms with Gasteiger partial charge in [-0.2, -0.15) is 0 Å². The minimum atomic E-state index is -0.434. The molecule has 88 valence electrons. The Morgan fingerprint density at radius 3 is 2.82 bits per heavy atom. The molecular weight excluding hydrogens is 290 g/mol. The number of benzene rings is 1. The van der Waals surface area contributed by atoms with Gasteiger partial charge >= 0.3 is 6.01 Å². The third-order valence-corrected chi connectivity index (χ3v) is 2.63. The van der Waals surface area contributed by atoms with E-state index in [1.165, 1.54) is 6.07 Å². The van der Waals surface area contributed by atoms with Gasteiger partial charge in [0.2, 0.25) is 5.89 Å². The van der Waals surface area contributed by atoms with Crippen LogP contribution in [0.3, 0.4) is 0 Å². The van der Waals surface area contributed by atoms with Crippen LogP contribution in [0.1, 0.15) is 16.2 Å². The van der Waals surface area contributed by atoms with Gasteiger partial charge in [0.15, 0.2) is 0 Å². The van der Waals surface area contributed by atoms with E-state index in [2.05, 4.69) is 31.4 Å². The second kappa shape index (κ2) is 4.54. The lowest BCUT2D eigenvalue weighted by molar-refractivity contribution is 0.102. The number of nitrogens with zero attached hydrogens (tertiary/aromatic N) is 2. The minimum Gasteiger partial charge on any atom is -0.507 e. The number of aryl methyl sites for hydroxylation is 1. The van der Waals surface area contributed by atoms with Crippen LogP contribution < -0.4 is 5.32 Å². The predicted octanol–water partition coefficient (Wildman–Crippen LogP) is 2.10. The molecule has 0 bridgehead atoms. The summed E-state index contributed by atoms with van der Waals surface area (Å²) in [6.07, 6.45) is 0. The fourth-order valence-corrected chi connectivity index (χ4v) is 1.42. The van der Waals surface area contributed by atoms with Crippen LogP contribution in [0.15, 0.2) is 27.1 Å². The van der Waals surface area contributed by atoms with Gasteiger partial charge in [0.25, 0.3) is 5.91 Å². The zero-order valence-corrected chi connectivity index (χ0v) is 10.4. The molecule has 0 unspecified atom stereocenters. The topological polar surface area (TPSA) is 88.2 Å². The molecule has 0 aliphatic carbocycles. The van der Waals surface area contributed by atoms with Crippen LogP contribution in [0.4, 0.5) is 6.01 Å². The Labute approximate surface area is 105 Å². The van der Waals surface area contributed by atoms with Crippen molar-refractivity contribution in [2.45, 2.75) is 6.92 Å². The number of phenolic OH excluding ortho intramolecular Hbond substituents is 1. The van der Waals surface area contributed by atoms with Gasteiger partial charge in [-0.05, 0) is 34.1 Å². The van der Waals surface area contributed by atoms with E-state index in [0.29, 0.717) is 15.9 Å². The number of nitrogens with one attached hydrogen (secondary N) is 1. The average molecular weight is 298 g/mol. The van der Waals surface area contributed by atoms with E-state index in [4.69, 9.17) is 4.42 Å². The molecular formula is C10H8BrN3O3. The number of carbonyl (C=O) groups excluding carboxylic acids is 1. The first-order valence-electron chi connectivity index (χ1n) is 4.66. The number of amides is 1.